The van der Waals surface area contributed by atoms with Crippen LogP contribution in [-0.2, 0) is 16.0 Å². The summed E-state index contributed by atoms with van der Waals surface area (Å²) in [6.07, 6.45) is 1.10. The van der Waals surface area contributed by atoms with Gasteiger partial charge < -0.3 is 20.5 Å². The molecule has 0 bridgehead atoms. The normalized spacial score (nSPS) is 12.5. The van der Waals surface area contributed by atoms with Gasteiger partial charge in [-0.3, -0.25) is 4.79 Å². The highest BCUT2D eigenvalue weighted by Crippen LogP contribution is 2.19. The van der Waals surface area contributed by atoms with Crippen molar-refractivity contribution < 1.29 is 19.4 Å². The second-order valence-corrected chi connectivity index (χ2v) is 7.54. The Morgan fingerprint density at radius 3 is 2.44 bits per heavy atom. The van der Waals surface area contributed by atoms with Crippen LogP contribution < -0.4 is 5.73 Å². The molecule has 1 amide bonds. The first-order valence-corrected chi connectivity index (χ1v) is 8.51. The van der Waals surface area contributed by atoms with Gasteiger partial charge in [0.25, 0.3) is 0 Å². The molecule has 6 nitrogen and oxygen atoms in total. The second-order valence-electron chi connectivity index (χ2n) is 7.54. The first kappa shape index (κ1) is 20.8. The Labute approximate surface area is 150 Å². The van der Waals surface area contributed by atoms with Crippen LogP contribution in [0.3, 0.4) is 0 Å². The average molecular weight is 350 g/mol. The molecule has 0 aliphatic rings. The lowest BCUT2D eigenvalue weighted by atomic mass is 9.93. The van der Waals surface area contributed by atoms with E-state index in [0.29, 0.717) is 31.5 Å². The lowest BCUT2D eigenvalue weighted by Gasteiger charge is -2.25. The van der Waals surface area contributed by atoms with E-state index in [9.17, 15) is 14.7 Å². The van der Waals surface area contributed by atoms with Gasteiger partial charge in [0.2, 0.25) is 0 Å². The van der Waals surface area contributed by atoms with E-state index in [1.54, 1.807) is 7.05 Å². The molecule has 0 saturated carbocycles. The van der Waals surface area contributed by atoms with Crippen molar-refractivity contribution in [1.29, 1.82) is 0 Å². The van der Waals surface area contributed by atoms with Crippen LogP contribution in [0.2, 0.25) is 0 Å². The summed E-state index contributed by atoms with van der Waals surface area (Å²) in [7, 11) is 1.66. The summed E-state index contributed by atoms with van der Waals surface area (Å²) in [6, 6.07) is 5.63. The van der Waals surface area contributed by atoms with Crippen LogP contribution in [-0.4, -0.2) is 41.3 Å². The minimum absolute atomic E-state index is 0.397. The van der Waals surface area contributed by atoms with E-state index in [1.165, 1.54) is 4.90 Å². The molecule has 0 saturated heterocycles. The summed E-state index contributed by atoms with van der Waals surface area (Å²) in [6.45, 7) is 7.83. The van der Waals surface area contributed by atoms with Crippen LogP contribution in [0.1, 0.15) is 44.7 Å². The van der Waals surface area contributed by atoms with E-state index in [-0.39, 0.29) is 0 Å². The molecule has 0 heterocycles. The Bertz CT molecular complexity index is 588. The molecule has 1 atom stereocenters. The molecule has 3 N–H and O–H groups in total. The van der Waals surface area contributed by atoms with Gasteiger partial charge in [0, 0.05) is 19.3 Å². The maximum Gasteiger partial charge on any atom is 0.410 e. The monoisotopic (exact) mass is 350 g/mol. The minimum Gasteiger partial charge on any atom is -0.481 e. The molecule has 0 spiro atoms. The van der Waals surface area contributed by atoms with Crippen LogP contribution in [0.25, 0.3) is 0 Å². The van der Waals surface area contributed by atoms with E-state index >= 15 is 0 Å². The number of rotatable bonds is 7. The van der Waals surface area contributed by atoms with Crippen molar-refractivity contribution in [2.45, 2.75) is 52.6 Å². The van der Waals surface area contributed by atoms with E-state index in [2.05, 4.69) is 0 Å². The van der Waals surface area contributed by atoms with E-state index in [4.69, 9.17) is 10.5 Å². The third kappa shape index (κ3) is 7.92. The number of aliphatic carboxylic acids is 1. The number of aryl methyl sites for hydroxylation is 1. The highest BCUT2D eigenvalue weighted by Gasteiger charge is 2.21. The second kappa shape index (κ2) is 8.74. The van der Waals surface area contributed by atoms with E-state index < -0.39 is 23.6 Å². The van der Waals surface area contributed by atoms with Crippen LogP contribution >= 0.6 is 0 Å². The third-order valence-electron chi connectivity index (χ3n) is 3.74. The molecule has 0 aromatic heterocycles. The lowest BCUT2D eigenvalue weighted by molar-refractivity contribution is -0.142. The zero-order valence-corrected chi connectivity index (χ0v) is 15.8. The van der Waals surface area contributed by atoms with Gasteiger partial charge in [0.1, 0.15) is 5.60 Å². The SMILES string of the molecule is Cc1cc(N)cc(CC(CCCN(C)C(=O)OC(C)(C)C)C(=O)O)c1. The van der Waals surface area contributed by atoms with Gasteiger partial charge in [-0.2, -0.15) is 0 Å². The first-order chi connectivity index (χ1) is 11.5. The highest BCUT2D eigenvalue weighted by atomic mass is 16.6. The molecule has 0 aliphatic carbocycles. The molecule has 6 heteroatoms. The maximum absolute atomic E-state index is 11.9. The largest absolute Gasteiger partial charge is 0.481 e. The molecule has 1 aromatic carbocycles. The molecule has 0 aliphatic heterocycles. The van der Waals surface area contributed by atoms with Crippen molar-refractivity contribution in [3.05, 3.63) is 29.3 Å². The number of nitrogens with two attached hydrogens (primary N) is 1. The fraction of sp³-hybridized carbons (Fsp3) is 0.579. The predicted molar refractivity (Wildman–Crippen MR) is 98.5 cm³/mol. The van der Waals surface area contributed by atoms with Crippen LogP contribution in [0.15, 0.2) is 18.2 Å². The number of anilines is 1. The molecule has 140 valence electrons. The van der Waals surface area contributed by atoms with Gasteiger partial charge in [-0.1, -0.05) is 6.07 Å². The summed E-state index contributed by atoms with van der Waals surface area (Å²) in [5, 5.41) is 9.46. The molecule has 0 radical (unpaired) electrons. The Hall–Kier alpha value is -2.24. The van der Waals surface area contributed by atoms with Crippen LogP contribution in [0.4, 0.5) is 10.5 Å². The topological polar surface area (TPSA) is 92.9 Å². The van der Waals surface area contributed by atoms with E-state index in [0.717, 1.165) is 11.1 Å². The number of nitrogen functional groups attached to an aromatic ring is 1. The van der Waals surface area contributed by atoms with Crippen molar-refractivity contribution in [3.63, 3.8) is 0 Å². The molecular weight excluding hydrogens is 320 g/mol. The summed E-state index contributed by atoms with van der Waals surface area (Å²) in [4.78, 5) is 24.9. The van der Waals surface area contributed by atoms with Gasteiger partial charge in [-0.05, 0) is 70.2 Å². The molecule has 1 rings (SSSR count). The van der Waals surface area contributed by atoms with Crippen LogP contribution in [0.5, 0.6) is 0 Å². The molecule has 1 unspecified atom stereocenters. The number of nitrogens with zero attached hydrogens (tertiary/aromatic N) is 1. The smallest absolute Gasteiger partial charge is 0.410 e. The zero-order chi connectivity index (χ0) is 19.2. The number of amides is 1. The number of hydrogen-bond acceptors (Lipinski definition) is 4. The summed E-state index contributed by atoms with van der Waals surface area (Å²) >= 11 is 0. The number of carboxylic acids is 1. The van der Waals surface area contributed by atoms with Gasteiger partial charge in [-0.15, -0.1) is 0 Å². The van der Waals surface area contributed by atoms with Crippen molar-refractivity contribution in [3.8, 4) is 0 Å². The van der Waals surface area contributed by atoms with E-state index in [1.807, 2.05) is 45.9 Å². The van der Waals surface area contributed by atoms with Crippen molar-refractivity contribution in [2.75, 3.05) is 19.3 Å². The summed E-state index contributed by atoms with van der Waals surface area (Å²) in [5.41, 5.74) is 7.87. The van der Waals surface area contributed by atoms with Gasteiger partial charge >= 0.3 is 12.1 Å². The standard InChI is InChI=1S/C19H30N2O4/c1-13-9-14(12-16(20)10-13)11-15(17(22)23)7-6-8-21(5)18(24)25-19(2,3)4/h9-10,12,15H,6-8,11,20H2,1-5H3,(H,22,23). The quantitative estimate of drug-likeness (QED) is 0.735. The first-order valence-electron chi connectivity index (χ1n) is 8.51. The summed E-state index contributed by atoms with van der Waals surface area (Å²) in [5.74, 6) is -1.34. The molecule has 1 aromatic rings. The Kier molecular flexibility index (Phi) is 7.27. The predicted octanol–water partition coefficient (Wildman–Crippen LogP) is 3.47. The Morgan fingerprint density at radius 2 is 1.92 bits per heavy atom. The van der Waals surface area contributed by atoms with Crippen molar-refractivity contribution in [2.24, 2.45) is 5.92 Å². The lowest BCUT2D eigenvalue weighted by Crippen LogP contribution is -2.35. The van der Waals surface area contributed by atoms with Gasteiger partial charge in [0.05, 0.1) is 5.92 Å². The number of carboxylic acid groups (broad SMARTS) is 1. The number of ether oxygens (including phenoxy) is 1. The Morgan fingerprint density at radius 1 is 1.28 bits per heavy atom. The van der Waals surface area contributed by atoms with Crippen molar-refractivity contribution >= 4 is 17.7 Å². The average Bonchev–Trinajstić information content (AvgIpc) is 2.42. The fourth-order valence-electron chi connectivity index (χ4n) is 2.62. The fourth-order valence-corrected chi connectivity index (χ4v) is 2.62. The number of carbonyl (C=O) groups excluding carboxylic acids is 1. The number of hydrogen-bond donors (Lipinski definition) is 2. The zero-order valence-electron chi connectivity index (χ0n) is 15.8. The number of benzene rings is 1. The maximum atomic E-state index is 11.9. The highest BCUT2D eigenvalue weighted by molar-refractivity contribution is 5.70. The van der Waals surface area contributed by atoms with Gasteiger partial charge in [0.15, 0.2) is 0 Å². The third-order valence-corrected chi connectivity index (χ3v) is 3.74. The molecule has 25 heavy (non-hydrogen) atoms. The Balaban J connectivity index is 2.56. The van der Waals surface area contributed by atoms with Crippen LogP contribution in [0, 0.1) is 12.8 Å². The minimum atomic E-state index is -0.833. The summed E-state index contributed by atoms with van der Waals surface area (Å²) < 4.78 is 5.28. The molecule has 0 fully saturated rings. The molecular formula is C19H30N2O4. The number of carbonyl (C=O) groups is 2. The van der Waals surface area contributed by atoms with Crippen molar-refractivity contribution in [1.82, 2.24) is 4.90 Å². The van der Waals surface area contributed by atoms with Gasteiger partial charge in [-0.25, -0.2) is 4.79 Å².